The maximum atomic E-state index is 10.0. The predicted octanol–water partition coefficient (Wildman–Crippen LogP) is 13.5. The zero-order valence-corrected chi connectivity index (χ0v) is 40.4. The van der Waals surface area contributed by atoms with Gasteiger partial charge in [0.15, 0.2) is 11.6 Å². The van der Waals surface area contributed by atoms with Gasteiger partial charge in [-0.3, -0.25) is 9.59 Å². The Bertz CT molecular complexity index is 2600. The number of hydrogen-bond donors (Lipinski definition) is 2. The van der Waals surface area contributed by atoms with Gasteiger partial charge in [-0.1, -0.05) is 60.7 Å². The molecule has 310 valence electrons. The summed E-state index contributed by atoms with van der Waals surface area (Å²) in [5.41, 5.74) is 9.28. The Morgan fingerprint density at radius 2 is 1.00 bits per heavy atom. The van der Waals surface area contributed by atoms with E-state index in [2.05, 4.69) is 103 Å². The number of allylic oxidation sites excluding steroid dienone is 4. The maximum absolute atomic E-state index is 10.0. The van der Waals surface area contributed by atoms with Crippen molar-refractivity contribution >= 4 is 54.4 Å². The molecule has 10 heteroatoms. The molecule has 4 heterocycles. The first kappa shape index (κ1) is 49.2. The monoisotopic (exact) mass is 1190 g/mol. The number of aromatic nitrogens is 2. The summed E-state index contributed by atoms with van der Waals surface area (Å²) in [5.74, 6) is -0.125. The molecule has 0 aliphatic carbocycles. The van der Waals surface area contributed by atoms with Crippen LogP contribution in [0, 0.1) is 26.0 Å². The second kappa shape index (κ2) is 24.2. The van der Waals surface area contributed by atoms with E-state index >= 15 is 0 Å². The van der Waals surface area contributed by atoms with E-state index < -0.39 is 0 Å². The van der Waals surface area contributed by atoms with Crippen molar-refractivity contribution in [3.05, 3.63) is 181 Å². The molecule has 2 radical (unpaired) electrons. The van der Waals surface area contributed by atoms with Gasteiger partial charge in [0.1, 0.15) is 0 Å². The van der Waals surface area contributed by atoms with E-state index in [0.29, 0.717) is 0 Å². The van der Waals surface area contributed by atoms with Crippen LogP contribution in [0.3, 0.4) is 0 Å². The van der Waals surface area contributed by atoms with Crippen molar-refractivity contribution < 1.29 is 60.0 Å². The summed E-state index contributed by atoms with van der Waals surface area (Å²) in [6.45, 7) is 10.0. The van der Waals surface area contributed by atoms with Gasteiger partial charge in [0, 0.05) is 94.7 Å². The third kappa shape index (κ3) is 14.5. The number of fused-ring (bicyclic) bond motifs is 2. The Morgan fingerprint density at radius 3 is 1.40 bits per heavy atom. The number of carbonyl (C=O) groups is 2. The van der Waals surface area contributed by atoms with Gasteiger partial charge >= 0.3 is 0 Å². The zero-order valence-electron chi connectivity index (χ0n) is 33.9. The van der Waals surface area contributed by atoms with Gasteiger partial charge < -0.3 is 20.2 Å². The average Bonchev–Trinajstić information content (AvgIpc) is 3.82. The molecule has 0 atom stereocenters. The fraction of sp³-hybridized carbons (Fsp3) is 0.120. The van der Waals surface area contributed by atoms with Crippen molar-refractivity contribution in [1.29, 1.82) is 0 Å². The van der Waals surface area contributed by atoms with Crippen LogP contribution in [0.15, 0.2) is 157 Å². The van der Waals surface area contributed by atoms with E-state index in [9.17, 15) is 9.59 Å². The largest absolute Gasteiger partial charge is 0.512 e. The molecule has 8 aromatic rings. The summed E-state index contributed by atoms with van der Waals surface area (Å²) in [6.07, 6.45) is 6.26. The third-order valence-electron chi connectivity index (χ3n) is 8.38. The van der Waals surface area contributed by atoms with Gasteiger partial charge in [-0.25, -0.2) is 0 Å². The molecule has 0 spiro atoms. The second-order valence-electron chi connectivity index (χ2n) is 13.4. The van der Waals surface area contributed by atoms with Crippen molar-refractivity contribution in [2.24, 2.45) is 0 Å². The molecule has 8 rings (SSSR count). The SMILES string of the molecule is CC(=O)C=C(C)O.CC(=O)C=C(C)O.Cc1cccc(C)c1-c1cc2cnc(-c3[c-]cccc3)cc2s1.[Ir].[Ir].[c-]1ccccc1-c1cc2sc(-c3ccccc3)cc2cn1. The van der Waals surface area contributed by atoms with Gasteiger partial charge in [0.2, 0.25) is 0 Å². The number of carbonyl (C=O) groups excluding carboxylic acids is 2. The van der Waals surface area contributed by atoms with Crippen LogP contribution in [0.4, 0.5) is 0 Å². The van der Waals surface area contributed by atoms with E-state index in [1.165, 1.54) is 92.0 Å². The van der Waals surface area contributed by atoms with E-state index in [-0.39, 0.29) is 63.3 Å². The standard InChI is InChI=1S/C21H16NS.C19H12NS.2C5H8O2.2Ir/c1-14-7-6-8-15(2)21(14)20-11-17-13-22-18(12-19(17)23-20)16-9-4-3-5-10-16;1-3-7-14(8-4-1)17-12-19-16(13-20-17)11-18(21-19)15-9-5-2-6-10-15;2*1-4(6)3-5(2)7;;/h3-9,11-13H,1-2H3;1-7,9-13H;2*3,6H,1-2H3;;/q2*-1;;;;. The molecular formula is C50H44Ir2N2O4S2-2. The molecule has 0 saturated heterocycles. The van der Waals surface area contributed by atoms with Crippen LogP contribution in [-0.2, 0) is 49.8 Å². The number of aryl methyl sites for hydroxylation is 2. The number of thiophene rings is 2. The van der Waals surface area contributed by atoms with E-state index in [4.69, 9.17) is 10.2 Å². The van der Waals surface area contributed by atoms with Crippen LogP contribution >= 0.6 is 22.7 Å². The molecule has 0 unspecified atom stereocenters. The third-order valence-corrected chi connectivity index (χ3v) is 10.6. The second-order valence-corrected chi connectivity index (χ2v) is 15.6. The normalized spacial score (nSPS) is 10.7. The number of hydrogen-bond acceptors (Lipinski definition) is 8. The van der Waals surface area contributed by atoms with E-state index in [0.717, 1.165) is 22.5 Å². The van der Waals surface area contributed by atoms with Crippen LogP contribution in [-0.4, -0.2) is 31.7 Å². The van der Waals surface area contributed by atoms with Crippen LogP contribution < -0.4 is 0 Å². The van der Waals surface area contributed by atoms with Crippen LogP contribution in [0.25, 0.3) is 63.6 Å². The number of nitrogens with zero attached hydrogens (tertiary/aromatic N) is 2. The van der Waals surface area contributed by atoms with E-state index in [1.54, 1.807) is 11.3 Å². The smallest absolute Gasteiger partial charge is 0.155 e. The summed E-state index contributed by atoms with van der Waals surface area (Å²) in [4.78, 5) is 31.8. The molecule has 0 aliphatic heterocycles. The van der Waals surface area contributed by atoms with Gasteiger partial charge in [-0.15, -0.1) is 94.5 Å². The molecule has 4 aromatic heterocycles. The Kier molecular flexibility index (Phi) is 19.8. The van der Waals surface area contributed by atoms with Crippen molar-refractivity contribution in [2.45, 2.75) is 41.5 Å². The summed E-state index contributed by atoms with van der Waals surface area (Å²) in [6, 6.07) is 48.1. The molecule has 0 saturated carbocycles. The quantitative estimate of drug-likeness (QED) is 0.0977. The summed E-state index contributed by atoms with van der Waals surface area (Å²) in [5, 5.41) is 19.1. The number of aliphatic hydroxyl groups excluding tert-OH is 2. The van der Waals surface area contributed by atoms with Crippen molar-refractivity contribution in [2.75, 3.05) is 0 Å². The number of benzene rings is 4. The Labute approximate surface area is 387 Å². The van der Waals surface area contributed by atoms with Gasteiger partial charge in [0.05, 0.1) is 11.5 Å². The topological polar surface area (TPSA) is 100 Å². The Hall–Kier alpha value is -5.18. The molecule has 2 N–H and O–H groups in total. The molecule has 0 aliphatic rings. The van der Waals surface area contributed by atoms with Crippen molar-refractivity contribution in [3.8, 4) is 43.4 Å². The first-order valence-electron chi connectivity index (χ1n) is 18.5. The minimum atomic E-state index is -0.125. The molecular weight excluding hydrogens is 1140 g/mol. The molecule has 0 fully saturated rings. The number of pyridine rings is 2. The molecule has 0 amide bonds. The Morgan fingerprint density at radius 1 is 0.567 bits per heavy atom. The van der Waals surface area contributed by atoms with Crippen molar-refractivity contribution in [3.63, 3.8) is 0 Å². The summed E-state index contributed by atoms with van der Waals surface area (Å²) in [7, 11) is 0. The molecule has 4 aromatic carbocycles. The Balaban J connectivity index is 0.000000239. The van der Waals surface area contributed by atoms with Crippen LogP contribution in [0.1, 0.15) is 38.8 Å². The first-order chi connectivity index (χ1) is 27.9. The summed E-state index contributed by atoms with van der Waals surface area (Å²) >= 11 is 3.64. The molecule has 6 nitrogen and oxygen atoms in total. The number of ketones is 2. The average molecular weight is 1190 g/mol. The van der Waals surface area contributed by atoms with E-state index in [1.807, 2.05) is 78.3 Å². The van der Waals surface area contributed by atoms with Crippen molar-refractivity contribution in [1.82, 2.24) is 9.97 Å². The first-order valence-corrected chi connectivity index (χ1v) is 20.1. The minimum absolute atomic E-state index is 0. The van der Waals surface area contributed by atoms with Crippen LogP contribution in [0.5, 0.6) is 0 Å². The fourth-order valence-electron chi connectivity index (χ4n) is 5.93. The van der Waals surface area contributed by atoms with Gasteiger partial charge in [-0.2, -0.15) is 0 Å². The predicted molar refractivity (Wildman–Crippen MR) is 242 cm³/mol. The van der Waals surface area contributed by atoms with Gasteiger partial charge in [0.25, 0.3) is 0 Å². The fourth-order valence-corrected chi connectivity index (χ4v) is 8.25. The van der Waals surface area contributed by atoms with Gasteiger partial charge in [-0.05, 0) is 87.3 Å². The zero-order chi connectivity index (χ0) is 41.6. The minimum Gasteiger partial charge on any atom is -0.512 e. The number of aliphatic hydroxyl groups is 2. The maximum Gasteiger partial charge on any atom is 0.155 e. The summed E-state index contributed by atoms with van der Waals surface area (Å²) < 4.78 is 2.53. The number of rotatable bonds is 6. The molecule has 60 heavy (non-hydrogen) atoms. The molecule has 0 bridgehead atoms. The van der Waals surface area contributed by atoms with Crippen LogP contribution in [0.2, 0.25) is 0 Å².